The lowest BCUT2D eigenvalue weighted by Gasteiger charge is -2.24. The van der Waals surface area contributed by atoms with Crippen molar-refractivity contribution in [2.75, 3.05) is 19.6 Å². The van der Waals surface area contributed by atoms with Crippen LogP contribution in [0.15, 0.2) is 18.5 Å². The van der Waals surface area contributed by atoms with Gasteiger partial charge in [0.15, 0.2) is 0 Å². The highest BCUT2D eigenvalue weighted by Gasteiger charge is 2.48. The molecule has 8 heteroatoms. The van der Waals surface area contributed by atoms with Crippen molar-refractivity contribution in [3.8, 4) is 11.3 Å². The molecule has 1 saturated heterocycles. The Morgan fingerprint density at radius 3 is 3.04 bits per heavy atom. The number of likely N-dealkylation sites (tertiary alicyclic amines) is 1. The fourth-order valence-electron chi connectivity index (χ4n) is 4.70. The van der Waals surface area contributed by atoms with Crippen molar-refractivity contribution < 1.29 is 4.79 Å². The molecule has 0 saturated carbocycles. The zero-order valence-corrected chi connectivity index (χ0v) is 16.8. The smallest absolute Gasteiger partial charge is 0.317 e. The third-order valence-corrected chi connectivity index (χ3v) is 6.54. The molecule has 5 heterocycles. The third-order valence-electron chi connectivity index (χ3n) is 6.18. The maximum Gasteiger partial charge on any atom is 0.317 e. The first-order chi connectivity index (χ1) is 13.5. The molecular formula is C20H23ClN6O. The van der Waals surface area contributed by atoms with Crippen molar-refractivity contribution in [3.05, 3.63) is 34.7 Å². The predicted molar refractivity (Wildman–Crippen MR) is 109 cm³/mol. The van der Waals surface area contributed by atoms with E-state index in [-0.39, 0.29) is 11.4 Å². The number of carbonyl (C=O) groups is 1. The molecule has 2 amide bonds. The lowest BCUT2D eigenvalue weighted by molar-refractivity contribution is 0.206. The normalized spacial score (nSPS) is 21.0. The summed E-state index contributed by atoms with van der Waals surface area (Å²) in [5, 5.41) is 9.51. The quantitative estimate of drug-likeness (QED) is 0.693. The van der Waals surface area contributed by atoms with Crippen LogP contribution < -0.4 is 5.32 Å². The number of aromatic amines is 1. The molecular weight excluding hydrogens is 376 g/mol. The summed E-state index contributed by atoms with van der Waals surface area (Å²) in [6.07, 6.45) is 5.67. The minimum atomic E-state index is -0.102. The Hall–Kier alpha value is -2.54. The summed E-state index contributed by atoms with van der Waals surface area (Å²) < 4.78 is 2.03. The van der Waals surface area contributed by atoms with Gasteiger partial charge in [0, 0.05) is 54.9 Å². The molecule has 0 aliphatic carbocycles. The second-order valence-electron chi connectivity index (χ2n) is 7.86. The van der Waals surface area contributed by atoms with Crippen molar-refractivity contribution in [2.24, 2.45) is 0 Å². The zero-order chi connectivity index (χ0) is 19.5. The van der Waals surface area contributed by atoms with E-state index in [1.807, 2.05) is 28.9 Å². The Kier molecular flexibility index (Phi) is 3.91. The standard InChI is InChI=1S/C20H23ClN6O/c1-3-22-19(28)26-6-4-20(11-26)5-7-27-17(20)15(21)16(25-27)13-8-14-12(2)9-23-18(14)24-10-13/h8-10H,3-7,11H2,1-2H3,(H,22,28)(H,23,24). The largest absolute Gasteiger partial charge is 0.346 e. The number of fused-ring (bicyclic) bond motifs is 3. The molecule has 2 aliphatic rings. The highest BCUT2D eigenvalue weighted by molar-refractivity contribution is 6.34. The van der Waals surface area contributed by atoms with E-state index < -0.39 is 0 Å². The molecule has 1 atom stereocenters. The number of pyridine rings is 1. The van der Waals surface area contributed by atoms with Crippen molar-refractivity contribution in [1.82, 2.24) is 30.0 Å². The van der Waals surface area contributed by atoms with Gasteiger partial charge in [-0.1, -0.05) is 11.6 Å². The van der Waals surface area contributed by atoms with Crippen LogP contribution in [0.4, 0.5) is 4.79 Å². The second-order valence-corrected chi connectivity index (χ2v) is 8.24. The van der Waals surface area contributed by atoms with Crippen LogP contribution in [0.3, 0.4) is 0 Å². The van der Waals surface area contributed by atoms with E-state index in [0.717, 1.165) is 59.5 Å². The molecule has 3 aromatic heterocycles. The van der Waals surface area contributed by atoms with Gasteiger partial charge in [-0.3, -0.25) is 4.68 Å². The highest BCUT2D eigenvalue weighted by Crippen LogP contribution is 2.48. The van der Waals surface area contributed by atoms with E-state index >= 15 is 0 Å². The van der Waals surface area contributed by atoms with Crippen molar-refractivity contribution in [3.63, 3.8) is 0 Å². The third kappa shape index (κ3) is 2.45. The number of hydrogen-bond donors (Lipinski definition) is 2. The van der Waals surface area contributed by atoms with Gasteiger partial charge in [0.2, 0.25) is 0 Å². The van der Waals surface area contributed by atoms with E-state index in [4.69, 9.17) is 16.7 Å². The summed E-state index contributed by atoms with van der Waals surface area (Å²) in [7, 11) is 0. The number of nitrogens with one attached hydrogen (secondary N) is 2. The lowest BCUT2D eigenvalue weighted by Crippen LogP contribution is -2.40. The monoisotopic (exact) mass is 398 g/mol. The summed E-state index contributed by atoms with van der Waals surface area (Å²) in [4.78, 5) is 21.9. The van der Waals surface area contributed by atoms with Gasteiger partial charge in [-0.05, 0) is 38.3 Å². The molecule has 2 N–H and O–H groups in total. The number of carbonyl (C=O) groups excluding carboxylic acids is 1. The molecule has 1 unspecified atom stereocenters. The average Bonchev–Trinajstić information content (AvgIpc) is 3.43. The van der Waals surface area contributed by atoms with Gasteiger partial charge in [0.25, 0.3) is 0 Å². The molecule has 0 aromatic carbocycles. The summed E-state index contributed by atoms with van der Waals surface area (Å²) in [6, 6.07) is 2.10. The Morgan fingerprint density at radius 1 is 1.39 bits per heavy atom. The molecule has 7 nitrogen and oxygen atoms in total. The number of halogens is 1. The van der Waals surface area contributed by atoms with Gasteiger partial charge in [0.1, 0.15) is 11.3 Å². The number of aromatic nitrogens is 4. The van der Waals surface area contributed by atoms with Crippen LogP contribution in [0.5, 0.6) is 0 Å². The predicted octanol–water partition coefficient (Wildman–Crippen LogP) is 3.46. The van der Waals surface area contributed by atoms with Crippen molar-refractivity contribution >= 4 is 28.7 Å². The van der Waals surface area contributed by atoms with Crippen LogP contribution in [-0.2, 0) is 12.0 Å². The maximum absolute atomic E-state index is 12.3. The minimum Gasteiger partial charge on any atom is -0.346 e. The Morgan fingerprint density at radius 2 is 2.21 bits per heavy atom. The van der Waals surface area contributed by atoms with Crippen LogP contribution in [0, 0.1) is 6.92 Å². The Labute approximate surface area is 168 Å². The summed E-state index contributed by atoms with van der Waals surface area (Å²) in [5.74, 6) is 0. The number of amides is 2. The van der Waals surface area contributed by atoms with Crippen LogP contribution >= 0.6 is 11.6 Å². The number of aryl methyl sites for hydroxylation is 2. The molecule has 28 heavy (non-hydrogen) atoms. The van der Waals surface area contributed by atoms with Crippen LogP contribution in [-0.4, -0.2) is 50.3 Å². The van der Waals surface area contributed by atoms with E-state index in [1.165, 1.54) is 0 Å². The van der Waals surface area contributed by atoms with Gasteiger partial charge in [0.05, 0.1) is 10.7 Å². The van der Waals surface area contributed by atoms with Gasteiger partial charge in [-0.15, -0.1) is 0 Å². The van der Waals surface area contributed by atoms with Gasteiger partial charge >= 0.3 is 6.03 Å². The number of urea groups is 1. The SMILES string of the molecule is CCNC(=O)N1CCC2(CCn3nc(-c4cnc5[nH]cc(C)c5c4)c(Cl)c32)C1. The molecule has 0 radical (unpaired) electrons. The van der Waals surface area contributed by atoms with Crippen LogP contribution in [0.25, 0.3) is 22.3 Å². The molecule has 1 spiro atoms. The van der Waals surface area contributed by atoms with Crippen molar-refractivity contribution in [2.45, 2.75) is 38.6 Å². The topological polar surface area (TPSA) is 78.8 Å². The number of rotatable bonds is 2. The lowest BCUT2D eigenvalue weighted by atomic mass is 9.82. The molecule has 0 bridgehead atoms. The Bertz CT molecular complexity index is 1090. The first-order valence-electron chi connectivity index (χ1n) is 9.76. The van der Waals surface area contributed by atoms with Crippen LogP contribution in [0.1, 0.15) is 31.0 Å². The van der Waals surface area contributed by atoms with Crippen molar-refractivity contribution in [1.29, 1.82) is 0 Å². The fourth-order valence-corrected chi connectivity index (χ4v) is 5.15. The molecule has 146 valence electrons. The number of nitrogens with zero attached hydrogens (tertiary/aromatic N) is 4. The van der Waals surface area contributed by atoms with Crippen LogP contribution in [0.2, 0.25) is 5.02 Å². The molecule has 1 fully saturated rings. The first kappa shape index (κ1) is 17.6. The summed E-state index contributed by atoms with van der Waals surface area (Å²) in [5.41, 5.74) is 4.69. The Balaban J connectivity index is 1.53. The van der Waals surface area contributed by atoms with Gasteiger partial charge < -0.3 is 15.2 Å². The molecule has 2 aliphatic heterocycles. The van der Waals surface area contributed by atoms with E-state index in [2.05, 4.69) is 28.3 Å². The minimum absolute atomic E-state index is 0.00581. The average molecular weight is 399 g/mol. The zero-order valence-electron chi connectivity index (χ0n) is 16.0. The van der Waals surface area contributed by atoms with E-state index in [1.54, 1.807) is 0 Å². The maximum atomic E-state index is 12.3. The summed E-state index contributed by atoms with van der Waals surface area (Å²) >= 11 is 6.89. The number of hydrogen-bond acceptors (Lipinski definition) is 3. The summed E-state index contributed by atoms with van der Waals surface area (Å²) in [6.45, 7) is 6.91. The number of H-pyrrole nitrogens is 1. The van der Waals surface area contributed by atoms with E-state index in [9.17, 15) is 4.79 Å². The van der Waals surface area contributed by atoms with Gasteiger partial charge in [-0.2, -0.15) is 5.10 Å². The highest BCUT2D eigenvalue weighted by atomic mass is 35.5. The molecule has 3 aromatic rings. The van der Waals surface area contributed by atoms with E-state index in [0.29, 0.717) is 18.1 Å². The molecule has 5 rings (SSSR count). The first-order valence-corrected chi connectivity index (χ1v) is 10.1. The van der Waals surface area contributed by atoms with Gasteiger partial charge in [-0.25, -0.2) is 9.78 Å². The second kappa shape index (κ2) is 6.24. The fraction of sp³-hybridized carbons (Fsp3) is 0.450.